The van der Waals surface area contributed by atoms with Gasteiger partial charge in [0, 0.05) is 28.7 Å². The van der Waals surface area contributed by atoms with Gasteiger partial charge in [0.1, 0.15) is 0 Å². The summed E-state index contributed by atoms with van der Waals surface area (Å²) in [6.07, 6.45) is 3.37. The molecule has 8 heteroatoms. The topological polar surface area (TPSA) is 83.6 Å². The number of halogens is 1. The summed E-state index contributed by atoms with van der Waals surface area (Å²) in [5, 5.41) is 10.9. The first-order chi connectivity index (χ1) is 11.6. The number of benzene rings is 1. The molecule has 0 bridgehead atoms. The van der Waals surface area contributed by atoms with Crippen molar-refractivity contribution < 1.29 is 4.79 Å². The first kappa shape index (κ1) is 16.5. The van der Waals surface area contributed by atoms with Gasteiger partial charge in [0.05, 0.1) is 5.75 Å². The molecule has 3 rings (SSSR count). The molecule has 0 radical (unpaired) electrons. The van der Waals surface area contributed by atoms with Gasteiger partial charge in [-0.1, -0.05) is 29.4 Å². The Kier molecular flexibility index (Phi) is 5.12. The van der Waals surface area contributed by atoms with Crippen LogP contribution in [-0.4, -0.2) is 31.8 Å². The SMILES string of the molecule is Cc1ccc(NC(=O)CSc2n[nH]c(-c3ccncc3)n2)cc1Cl. The summed E-state index contributed by atoms with van der Waals surface area (Å²) in [6.45, 7) is 1.91. The Morgan fingerprint density at radius 1 is 1.29 bits per heavy atom. The van der Waals surface area contributed by atoms with E-state index in [4.69, 9.17) is 11.6 Å². The lowest BCUT2D eigenvalue weighted by molar-refractivity contribution is -0.113. The predicted molar refractivity (Wildman–Crippen MR) is 95.2 cm³/mol. The molecule has 6 nitrogen and oxygen atoms in total. The molecule has 0 aliphatic carbocycles. The van der Waals surface area contributed by atoms with Gasteiger partial charge in [-0.05, 0) is 36.8 Å². The van der Waals surface area contributed by atoms with Crippen molar-refractivity contribution in [1.82, 2.24) is 20.2 Å². The quantitative estimate of drug-likeness (QED) is 0.680. The van der Waals surface area contributed by atoms with Crippen molar-refractivity contribution in [3.63, 3.8) is 0 Å². The van der Waals surface area contributed by atoms with E-state index in [0.717, 1.165) is 11.1 Å². The number of hydrogen-bond acceptors (Lipinski definition) is 5. The molecule has 1 aromatic carbocycles. The van der Waals surface area contributed by atoms with Crippen LogP contribution in [0, 0.1) is 6.92 Å². The van der Waals surface area contributed by atoms with Crippen molar-refractivity contribution in [3.8, 4) is 11.4 Å². The third-order valence-corrected chi connectivity index (χ3v) is 4.46. The molecule has 2 aromatic heterocycles. The fourth-order valence-electron chi connectivity index (χ4n) is 1.95. The average molecular weight is 360 g/mol. The number of carbonyl (C=O) groups excluding carboxylic acids is 1. The summed E-state index contributed by atoms with van der Waals surface area (Å²) >= 11 is 7.30. The average Bonchev–Trinajstić information content (AvgIpc) is 3.06. The normalized spacial score (nSPS) is 10.6. The zero-order valence-electron chi connectivity index (χ0n) is 12.8. The number of anilines is 1. The Bertz CT molecular complexity index is 853. The highest BCUT2D eigenvalue weighted by Gasteiger charge is 2.09. The van der Waals surface area contributed by atoms with Crippen LogP contribution in [0.25, 0.3) is 11.4 Å². The van der Waals surface area contributed by atoms with Crippen molar-refractivity contribution in [1.29, 1.82) is 0 Å². The molecule has 0 fully saturated rings. The van der Waals surface area contributed by atoms with Gasteiger partial charge < -0.3 is 5.32 Å². The molecule has 2 N–H and O–H groups in total. The molecule has 122 valence electrons. The lowest BCUT2D eigenvalue weighted by Crippen LogP contribution is -2.14. The van der Waals surface area contributed by atoms with Gasteiger partial charge in [-0.3, -0.25) is 14.9 Å². The second-order valence-electron chi connectivity index (χ2n) is 5.00. The second kappa shape index (κ2) is 7.46. The first-order valence-electron chi connectivity index (χ1n) is 7.13. The molecule has 0 atom stereocenters. The molecule has 1 amide bonds. The number of hydrogen-bond donors (Lipinski definition) is 2. The van der Waals surface area contributed by atoms with Crippen LogP contribution in [0.4, 0.5) is 5.69 Å². The van der Waals surface area contributed by atoms with Crippen LogP contribution < -0.4 is 5.32 Å². The highest BCUT2D eigenvalue weighted by atomic mass is 35.5. The van der Waals surface area contributed by atoms with E-state index in [2.05, 4.69) is 25.5 Å². The smallest absolute Gasteiger partial charge is 0.234 e. The zero-order valence-corrected chi connectivity index (χ0v) is 14.4. The van der Waals surface area contributed by atoms with E-state index >= 15 is 0 Å². The Morgan fingerprint density at radius 3 is 2.83 bits per heavy atom. The number of pyridine rings is 1. The maximum absolute atomic E-state index is 12.0. The molecule has 0 spiro atoms. The molecule has 2 heterocycles. The van der Waals surface area contributed by atoms with Crippen LogP contribution in [-0.2, 0) is 4.79 Å². The minimum Gasteiger partial charge on any atom is -0.325 e. The van der Waals surface area contributed by atoms with Gasteiger partial charge in [-0.2, -0.15) is 0 Å². The van der Waals surface area contributed by atoms with Gasteiger partial charge in [0.15, 0.2) is 5.82 Å². The van der Waals surface area contributed by atoms with Crippen molar-refractivity contribution in [3.05, 3.63) is 53.3 Å². The van der Waals surface area contributed by atoms with Crippen molar-refractivity contribution in [2.24, 2.45) is 0 Å². The molecular formula is C16H14ClN5OS. The number of thioether (sulfide) groups is 1. The molecule has 0 aliphatic heterocycles. The summed E-state index contributed by atoms with van der Waals surface area (Å²) in [7, 11) is 0. The second-order valence-corrected chi connectivity index (χ2v) is 6.35. The van der Waals surface area contributed by atoms with Crippen LogP contribution in [0.3, 0.4) is 0 Å². The summed E-state index contributed by atoms with van der Waals surface area (Å²) in [4.78, 5) is 20.3. The monoisotopic (exact) mass is 359 g/mol. The third-order valence-electron chi connectivity index (χ3n) is 3.21. The predicted octanol–water partition coefficient (Wildman–Crippen LogP) is 3.56. The number of H-pyrrole nitrogens is 1. The van der Waals surface area contributed by atoms with E-state index in [9.17, 15) is 4.79 Å². The fraction of sp³-hybridized carbons (Fsp3) is 0.125. The highest BCUT2D eigenvalue weighted by molar-refractivity contribution is 7.99. The van der Waals surface area contributed by atoms with Gasteiger partial charge in [0.2, 0.25) is 11.1 Å². The van der Waals surface area contributed by atoms with E-state index < -0.39 is 0 Å². The first-order valence-corrected chi connectivity index (χ1v) is 8.50. The van der Waals surface area contributed by atoms with Crippen LogP contribution in [0.15, 0.2) is 47.9 Å². The Labute approximate surface area is 148 Å². The lowest BCUT2D eigenvalue weighted by atomic mass is 10.2. The van der Waals surface area contributed by atoms with Crippen molar-refractivity contribution in [2.75, 3.05) is 11.1 Å². The van der Waals surface area contributed by atoms with Gasteiger partial charge in [-0.25, -0.2) is 4.98 Å². The standard InChI is InChI=1S/C16H14ClN5OS/c1-10-2-3-12(8-13(10)17)19-14(23)9-24-16-20-15(21-22-16)11-4-6-18-7-5-11/h2-8H,9H2,1H3,(H,19,23)(H,20,21,22). The molecule has 3 aromatic rings. The van der Waals surface area contributed by atoms with Gasteiger partial charge >= 0.3 is 0 Å². The van der Waals surface area contributed by atoms with E-state index in [1.54, 1.807) is 18.5 Å². The Morgan fingerprint density at radius 2 is 2.08 bits per heavy atom. The number of aromatic amines is 1. The number of nitrogens with zero attached hydrogens (tertiary/aromatic N) is 3. The molecule has 0 saturated carbocycles. The fourth-order valence-corrected chi connectivity index (χ4v) is 2.73. The van der Waals surface area contributed by atoms with Crippen molar-refractivity contribution >= 4 is 35.0 Å². The minimum absolute atomic E-state index is 0.143. The number of amides is 1. The van der Waals surface area contributed by atoms with E-state index in [1.165, 1.54) is 11.8 Å². The highest BCUT2D eigenvalue weighted by Crippen LogP contribution is 2.21. The number of nitrogens with one attached hydrogen (secondary N) is 2. The number of aryl methyl sites for hydroxylation is 1. The van der Waals surface area contributed by atoms with Crippen LogP contribution >= 0.6 is 23.4 Å². The van der Waals surface area contributed by atoms with E-state index in [-0.39, 0.29) is 11.7 Å². The van der Waals surface area contributed by atoms with Crippen LogP contribution in [0.2, 0.25) is 5.02 Å². The molecule has 0 saturated heterocycles. The summed E-state index contributed by atoms with van der Waals surface area (Å²) in [5.41, 5.74) is 2.53. The van der Waals surface area contributed by atoms with Crippen LogP contribution in [0.5, 0.6) is 0 Å². The molecule has 0 aliphatic rings. The summed E-state index contributed by atoms with van der Waals surface area (Å²) in [5.74, 6) is 0.708. The summed E-state index contributed by atoms with van der Waals surface area (Å²) < 4.78 is 0. The molecule has 24 heavy (non-hydrogen) atoms. The Balaban J connectivity index is 1.56. The van der Waals surface area contributed by atoms with Gasteiger partial charge in [-0.15, -0.1) is 5.10 Å². The summed E-state index contributed by atoms with van der Waals surface area (Å²) in [6, 6.07) is 9.08. The maximum atomic E-state index is 12.0. The van der Waals surface area contributed by atoms with E-state index in [0.29, 0.717) is 21.7 Å². The van der Waals surface area contributed by atoms with E-state index in [1.807, 2.05) is 31.2 Å². The third kappa shape index (κ3) is 4.12. The maximum Gasteiger partial charge on any atom is 0.234 e. The minimum atomic E-state index is -0.143. The zero-order chi connectivity index (χ0) is 16.9. The Hall–Kier alpha value is -2.38. The van der Waals surface area contributed by atoms with Crippen molar-refractivity contribution in [2.45, 2.75) is 12.1 Å². The largest absolute Gasteiger partial charge is 0.325 e. The van der Waals surface area contributed by atoms with Crippen LogP contribution in [0.1, 0.15) is 5.56 Å². The number of carbonyl (C=O) groups is 1. The number of rotatable bonds is 5. The van der Waals surface area contributed by atoms with Gasteiger partial charge in [0.25, 0.3) is 0 Å². The molecule has 0 unspecified atom stereocenters. The number of aromatic nitrogens is 4. The lowest BCUT2D eigenvalue weighted by Gasteiger charge is -2.05. The molecular weight excluding hydrogens is 346 g/mol.